The van der Waals surface area contributed by atoms with Gasteiger partial charge in [-0.1, -0.05) is 0 Å². The summed E-state index contributed by atoms with van der Waals surface area (Å²) in [5, 5.41) is 19.8. The molecule has 2 rings (SSSR count). The second-order valence-electron chi connectivity index (χ2n) is 3.19. The summed E-state index contributed by atoms with van der Waals surface area (Å²) in [5.74, 6) is 0.223. The van der Waals surface area contributed by atoms with E-state index in [1.165, 1.54) is 36.2 Å². The van der Waals surface area contributed by atoms with Gasteiger partial charge in [-0.05, 0) is 0 Å². The lowest BCUT2D eigenvalue weighted by Gasteiger charge is -2.05. The summed E-state index contributed by atoms with van der Waals surface area (Å²) in [7, 11) is 1.40. The third-order valence-electron chi connectivity index (χ3n) is 2.20. The average Bonchev–Trinajstić information content (AvgIpc) is 2.85. The van der Waals surface area contributed by atoms with Gasteiger partial charge in [-0.15, -0.1) is 0 Å². The second-order valence-corrected chi connectivity index (χ2v) is 3.19. The lowest BCUT2D eigenvalue weighted by molar-refractivity contribution is -0.384. The maximum absolute atomic E-state index is 10.9. The van der Waals surface area contributed by atoms with Crippen molar-refractivity contribution in [2.75, 3.05) is 7.11 Å². The van der Waals surface area contributed by atoms with Crippen LogP contribution in [0.4, 0.5) is 5.69 Å². The zero-order valence-corrected chi connectivity index (χ0v) is 9.27. The van der Waals surface area contributed by atoms with Crippen LogP contribution in [0.15, 0.2) is 24.5 Å². The molecule has 0 spiro atoms. The number of methoxy groups -OCH3 is 1. The molecule has 0 amide bonds. The van der Waals surface area contributed by atoms with Crippen LogP contribution in [0.1, 0.15) is 5.82 Å². The van der Waals surface area contributed by atoms with Crippen molar-refractivity contribution in [2.45, 2.75) is 0 Å². The molecule has 8 heteroatoms. The van der Waals surface area contributed by atoms with E-state index >= 15 is 0 Å². The van der Waals surface area contributed by atoms with Crippen molar-refractivity contribution in [3.63, 3.8) is 0 Å². The first-order chi connectivity index (χ1) is 8.67. The number of ether oxygens (including phenoxy) is 1. The quantitative estimate of drug-likeness (QED) is 0.591. The van der Waals surface area contributed by atoms with E-state index < -0.39 is 4.92 Å². The highest BCUT2D eigenvalue weighted by atomic mass is 16.6. The van der Waals surface area contributed by atoms with Gasteiger partial charge in [0.2, 0.25) is 17.5 Å². The number of nitriles is 1. The Bertz CT molecular complexity index is 643. The van der Waals surface area contributed by atoms with Gasteiger partial charge in [0.15, 0.2) is 0 Å². The van der Waals surface area contributed by atoms with Gasteiger partial charge in [0.05, 0.1) is 12.0 Å². The molecule has 0 aromatic carbocycles. The summed E-state index contributed by atoms with van der Waals surface area (Å²) >= 11 is 0. The summed E-state index contributed by atoms with van der Waals surface area (Å²) < 4.78 is 6.15. The molecule has 0 N–H and O–H groups in total. The second kappa shape index (κ2) is 4.50. The highest BCUT2D eigenvalue weighted by molar-refractivity contribution is 5.50. The number of nitrogens with zero attached hydrogens (tertiary/aromatic N) is 5. The Morgan fingerprint density at radius 2 is 2.33 bits per heavy atom. The molecule has 0 unspecified atom stereocenters. The van der Waals surface area contributed by atoms with E-state index in [1.807, 2.05) is 6.07 Å². The first-order valence-corrected chi connectivity index (χ1v) is 4.80. The summed E-state index contributed by atoms with van der Waals surface area (Å²) in [4.78, 5) is 18.1. The molecule has 0 atom stereocenters. The lowest BCUT2D eigenvalue weighted by Crippen LogP contribution is -2.05. The number of imidazole rings is 1. The Balaban J connectivity index is 2.68. The summed E-state index contributed by atoms with van der Waals surface area (Å²) in [6.07, 6.45) is 2.79. The fourth-order valence-electron chi connectivity index (χ4n) is 1.41. The number of rotatable bonds is 3. The first-order valence-electron chi connectivity index (χ1n) is 4.80. The van der Waals surface area contributed by atoms with Gasteiger partial charge < -0.3 is 4.74 Å². The monoisotopic (exact) mass is 245 g/mol. The van der Waals surface area contributed by atoms with Crippen molar-refractivity contribution in [1.29, 1.82) is 5.26 Å². The molecule has 0 aliphatic carbocycles. The molecule has 2 aromatic rings. The Kier molecular flexibility index (Phi) is 2.89. The lowest BCUT2D eigenvalue weighted by atomic mass is 10.3. The Morgan fingerprint density at radius 3 is 2.94 bits per heavy atom. The predicted octanol–water partition coefficient (Wildman–Crippen LogP) is 1.06. The molecule has 0 fully saturated rings. The fraction of sp³-hybridized carbons (Fsp3) is 0.100. The molecular weight excluding hydrogens is 238 g/mol. The summed E-state index contributed by atoms with van der Waals surface area (Å²) in [6.45, 7) is 0. The van der Waals surface area contributed by atoms with Gasteiger partial charge in [-0.25, -0.2) is 4.98 Å². The molecule has 0 saturated heterocycles. The molecule has 8 nitrogen and oxygen atoms in total. The van der Waals surface area contributed by atoms with E-state index in [4.69, 9.17) is 10.00 Å². The van der Waals surface area contributed by atoms with Crippen LogP contribution in [0, 0.1) is 21.4 Å². The van der Waals surface area contributed by atoms with Gasteiger partial charge >= 0.3 is 5.69 Å². The van der Waals surface area contributed by atoms with E-state index in [2.05, 4.69) is 9.97 Å². The standard InChI is InChI=1S/C10H7N5O3/c1-18-9-3-2-7(15(16)17)10(13-9)14-5-4-12-8(14)6-11/h2-5H,1H3. The number of aromatic nitrogens is 3. The molecular formula is C10H7N5O3. The molecule has 2 heterocycles. The van der Waals surface area contributed by atoms with Crippen LogP contribution in [0.2, 0.25) is 0 Å². The normalized spacial score (nSPS) is 9.78. The molecule has 0 saturated carbocycles. The zero-order valence-electron chi connectivity index (χ0n) is 9.27. The van der Waals surface area contributed by atoms with E-state index in [0.717, 1.165) is 0 Å². The van der Waals surface area contributed by atoms with Crippen molar-refractivity contribution >= 4 is 5.69 Å². The Labute approximate surface area is 101 Å². The number of pyridine rings is 1. The largest absolute Gasteiger partial charge is 0.481 e. The summed E-state index contributed by atoms with van der Waals surface area (Å²) in [6, 6.07) is 4.47. The zero-order chi connectivity index (χ0) is 13.1. The molecule has 0 radical (unpaired) electrons. The number of hydrogen-bond donors (Lipinski definition) is 0. The third kappa shape index (κ3) is 1.84. The van der Waals surface area contributed by atoms with Gasteiger partial charge in [0.1, 0.15) is 6.07 Å². The highest BCUT2D eigenvalue weighted by Gasteiger charge is 2.20. The topological polar surface area (TPSA) is 107 Å². The number of hydrogen-bond acceptors (Lipinski definition) is 6. The third-order valence-corrected chi connectivity index (χ3v) is 2.20. The fourth-order valence-corrected chi connectivity index (χ4v) is 1.41. The van der Waals surface area contributed by atoms with E-state index in [0.29, 0.717) is 0 Å². The van der Waals surface area contributed by atoms with Crippen LogP contribution in [0.5, 0.6) is 5.88 Å². The van der Waals surface area contributed by atoms with Crippen molar-refractivity contribution in [1.82, 2.24) is 14.5 Å². The van der Waals surface area contributed by atoms with Crippen LogP contribution in [-0.4, -0.2) is 26.6 Å². The van der Waals surface area contributed by atoms with Crippen LogP contribution in [-0.2, 0) is 0 Å². The van der Waals surface area contributed by atoms with Crippen LogP contribution in [0.25, 0.3) is 5.82 Å². The molecule has 0 aliphatic heterocycles. The molecule has 18 heavy (non-hydrogen) atoms. The highest BCUT2D eigenvalue weighted by Crippen LogP contribution is 2.24. The van der Waals surface area contributed by atoms with Gasteiger partial charge in [0, 0.05) is 24.5 Å². The van der Waals surface area contributed by atoms with E-state index in [9.17, 15) is 10.1 Å². The van der Waals surface area contributed by atoms with Gasteiger partial charge in [0.25, 0.3) is 0 Å². The van der Waals surface area contributed by atoms with Crippen LogP contribution >= 0.6 is 0 Å². The average molecular weight is 245 g/mol. The van der Waals surface area contributed by atoms with Crippen LogP contribution in [0.3, 0.4) is 0 Å². The van der Waals surface area contributed by atoms with Gasteiger partial charge in [-0.3, -0.25) is 14.7 Å². The minimum Gasteiger partial charge on any atom is -0.481 e. The number of nitro groups is 1. The summed E-state index contributed by atoms with van der Waals surface area (Å²) in [5.41, 5.74) is -0.231. The SMILES string of the molecule is COc1ccc([N+](=O)[O-])c(-n2ccnc2C#N)n1. The Hall–Kier alpha value is -2.95. The maximum Gasteiger partial charge on any atom is 0.312 e. The predicted molar refractivity (Wildman–Crippen MR) is 59.3 cm³/mol. The molecule has 0 bridgehead atoms. The van der Waals surface area contributed by atoms with E-state index in [1.54, 1.807) is 0 Å². The minimum absolute atomic E-state index is 0.00611. The van der Waals surface area contributed by atoms with Crippen molar-refractivity contribution in [3.8, 4) is 17.8 Å². The maximum atomic E-state index is 10.9. The molecule has 0 aliphatic rings. The minimum atomic E-state index is -0.580. The first kappa shape index (κ1) is 11.5. The van der Waals surface area contributed by atoms with Crippen molar-refractivity contribution < 1.29 is 9.66 Å². The van der Waals surface area contributed by atoms with Gasteiger partial charge in [-0.2, -0.15) is 10.2 Å². The smallest absolute Gasteiger partial charge is 0.312 e. The van der Waals surface area contributed by atoms with E-state index in [-0.39, 0.29) is 23.2 Å². The van der Waals surface area contributed by atoms with Crippen LogP contribution < -0.4 is 4.74 Å². The molecule has 2 aromatic heterocycles. The van der Waals surface area contributed by atoms with Crippen molar-refractivity contribution in [2.24, 2.45) is 0 Å². The van der Waals surface area contributed by atoms with Crippen molar-refractivity contribution in [3.05, 3.63) is 40.5 Å². The Morgan fingerprint density at radius 1 is 1.56 bits per heavy atom. The molecule has 90 valence electrons.